The summed E-state index contributed by atoms with van der Waals surface area (Å²) in [7, 11) is 0. The van der Waals surface area contributed by atoms with Crippen LogP contribution in [-0.2, 0) is 19.5 Å². The maximum atomic E-state index is 13.8. The van der Waals surface area contributed by atoms with Gasteiger partial charge in [-0.25, -0.2) is 9.37 Å². The lowest BCUT2D eigenvalue weighted by Gasteiger charge is -2.33. The predicted octanol–water partition coefficient (Wildman–Crippen LogP) is 4.60. The first kappa shape index (κ1) is 20.8. The van der Waals surface area contributed by atoms with Crippen molar-refractivity contribution in [1.29, 1.82) is 0 Å². The molecular weight excluding hydrogens is 405 g/mol. The predicted molar refractivity (Wildman–Crippen MR) is 121 cm³/mol. The second kappa shape index (κ2) is 9.20. The van der Waals surface area contributed by atoms with Gasteiger partial charge in [0.25, 0.3) is 0 Å². The van der Waals surface area contributed by atoms with E-state index in [1.807, 2.05) is 24.4 Å². The van der Waals surface area contributed by atoms with Crippen molar-refractivity contribution in [3.8, 4) is 11.6 Å². The number of halogens is 1. The number of hydrogen-bond donors (Lipinski definition) is 0. The molecule has 4 heterocycles. The Morgan fingerprint density at radius 1 is 1.06 bits per heavy atom. The maximum absolute atomic E-state index is 13.8. The van der Waals surface area contributed by atoms with Gasteiger partial charge in [-0.05, 0) is 43.0 Å². The van der Waals surface area contributed by atoms with Crippen molar-refractivity contribution in [1.82, 2.24) is 19.9 Å². The van der Waals surface area contributed by atoms with E-state index < -0.39 is 0 Å². The number of fused-ring (bicyclic) bond motifs is 1. The Hall–Kier alpha value is -3.06. The molecule has 5 rings (SSSR count). The topological polar surface area (TPSA) is 54.4 Å². The first-order chi connectivity index (χ1) is 15.6. The Morgan fingerprint density at radius 2 is 1.94 bits per heavy atom. The Morgan fingerprint density at radius 3 is 2.72 bits per heavy atom. The van der Waals surface area contributed by atoms with E-state index in [1.54, 1.807) is 12.1 Å². The number of rotatable bonds is 5. The Balaban J connectivity index is 1.45. The third-order valence-electron chi connectivity index (χ3n) is 6.28. The first-order valence-corrected chi connectivity index (χ1v) is 11.3. The number of pyridine rings is 1. The van der Waals surface area contributed by atoms with Crippen LogP contribution in [0.5, 0.6) is 11.6 Å². The molecule has 0 aliphatic carbocycles. The van der Waals surface area contributed by atoms with Crippen LogP contribution in [0.4, 0.5) is 10.3 Å². The van der Waals surface area contributed by atoms with Gasteiger partial charge in [-0.1, -0.05) is 19.1 Å². The van der Waals surface area contributed by atoms with Gasteiger partial charge < -0.3 is 9.64 Å². The third-order valence-corrected chi connectivity index (χ3v) is 6.28. The van der Waals surface area contributed by atoms with Crippen molar-refractivity contribution >= 4 is 5.95 Å². The molecule has 0 N–H and O–H groups in total. The van der Waals surface area contributed by atoms with Crippen molar-refractivity contribution in [2.45, 2.75) is 39.3 Å². The Labute approximate surface area is 188 Å². The summed E-state index contributed by atoms with van der Waals surface area (Å²) in [5.74, 6) is 2.10. The molecule has 0 atom stereocenters. The van der Waals surface area contributed by atoms with E-state index in [-0.39, 0.29) is 5.82 Å². The lowest BCUT2D eigenvalue weighted by atomic mass is 9.99. The molecule has 0 radical (unpaired) electrons. The van der Waals surface area contributed by atoms with E-state index >= 15 is 0 Å². The standard InChI is InChI=1S/C25H28FN5O/c1-18-8-13-31(14-9-18)25-28-23-10-12-30(16-20-6-2-3-11-27-20)17-22(23)24(29-25)32-21-7-4-5-19(26)15-21/h2-7,11,15,18H,8-10,12-14,16-17H2,1H3. The first-order valence-electron chi connectivity index (χ1n) is 11.3. The van der Waals surface area contributed by atoms with Crippen LogP contribution in [0.2, 0.25) is 0 Å². The molecule has 7 heteroatoms. The highest BCUT2D eigenvalue weighted by Crippen LogP contribution is 2.33. The Bertz CT molecular complexity index is 1070. The van der Waals surface area contributed by atoms with Crippen LogP contribution in [0.25, 0.3) is 0 Å². The Kier molecular flexibility index (Phi) is 5.99. The van der Waals surface area contributed by atoms with E-state index in [2.05, 4.69) is 21.7 Å². The number of benzene rings is 1. The third kappa shape index (κ3) is 4.72. The number of aromatic nitrogens is 3. The summed E-state index contributed by atoms with van der Waals surface area (Å²) in [6, 6.07) is 12.2. The summed E-state index contributed by atoms with van der Waals surface area (Å²) in [5.41, 5.74) is 3.03. The number of piperidine rings is 1. The van der Waals surface area contributed by atoms with Crippen molar-refractivity contribution in [2.24, 2.45) is 5.92 Å². The summed E-state index contributed by atoms with van der Waals surface area (Å²) in [4.78, 5) is 18.8. The molecule has 2 aliphatic heterocycles. The lowest BCUT2D eigenvalue weighted by molar-refractivity contribution is 0.235. The highest BCUT2D eigenvalue weighted by atomic mass is 19.1. The highest BCUT2D eigenvalue weighted by molar-refractivity contribution is 5.44. The molecule has 0 bridgehead atoms. The van der Waals surface area contributed by atoms with E-state index in [1.165, 1.54) is 12.1 Å². The molecule has 32 heavy (non-hydrogen) atoms. The monoisotopic (exact) mass is 433 g/mol. The van der Waals surface area contributed by atoms with Crippen LogP contribution in [0.15, 0.2) is 48.7 Å². The van der Waals surface area contributed by atoms with Crippen LogP contribution >= 0.6 is 0 Å². The maximum Gasteiger partial charge on any atom is 0.228 e. The highest BCUT2D eigenvalue weighted by Gasteiger charge is 2.27. The van der Waals surface area contributed by atoms with Gasteiger partial charge >= 0.3 is 0 Å². The van der Waals surface area contributed by atoms with Gasteiger partial charge in [0.1, 0.15) is 11.6 Å². The minimum Gasteiger partial charge on any atom is -0.438 e. The molecule has 1 fully saturated rings. The van der Waals surface area contributed by atoms with E-state index in [9.17, 15) is 4.39 Å². The molecule has 0 unspecified atom stereocenters. The molecule has 6 nitrogen and oxygen atoms in total. The molecule has 0 amide bonds. The van der Waals surface area contributed by atoms with Crippen LogP contribution in [0.1, 0.15) is 36.7 Å². The average Bonchev–Trinajstić information content (AvgIpc) is 2.80. The van der Waals surface area contributed by atoms with Crippen LogP contribution in [0.3, 0.4) is 0 Å². The zero-order valence-electron chi connectivity index (χ0n) is 18.4. The molecule has 1 saturated heterocycles. The number of ether oxygens (including phenoxy) is 1. The van der Waals surface area contributed by atoms with Gasteiger partial charge in [-0.2, -0.15) is 4.98 Å². The molecule has 0 saturated carbocycles. The van der Waals surface area contributed by atoms with Crippen molar-refractivity contribution in [2.75, 3.05) is 24.5 Å². The number of nitrogens with zero attached hydrogens (tertiary/aromatic N) is 5. The van der Waals surface area contributed by atoms with Crippen molar-refractivity contribution < 1.29 is 9.13 Å². The molecule has 0 spiro atoms. The fourth-order valence-corrected chi connectivity index (χ4v) is 4.36. The normalized spacial score (nSPS) is 17.2. The molecule has 166 valence electrons. The van der Waals surface area contributed by atoms with E-state index in [0.717, 1.165) is 74.3 Å². The second-order valence-corrected chi connectivity index (χ2v) is 8.76. The van der Waals surface area contributed by atoms with E-state index in [0.29, 0.717) is 18.2 Å². The van der Waals surface area contributed by atoms with Gasteiger partial charge in [0.05, 0.1) is 17.0 Å². The summed E-state index contributed by atoms with van der Waals surface area (Å²) < 4.78 is 19.9. The largest absolute Gasteiger partial charge is 0.438 e. The van der Waals surface area contributed by atoms with E-state index in [4.69, 9.17) is 14.7 Å². The summed E-state index contributed by atoms with van der Waals surface area (Å²) >= 11 is 0. The SMILES string of the molecule is CC1CCN(c2nc3c(c(Oc4cccc(F)c4)n2)CN(Cc2ccccn2)CC3)CC1. The van der Waals surface area contributed by atoms with Gasteiger partial charge in [-0.15, -0.1) is 0 Å². The summed E-state index contributed by atoms with van der Waals surface area (Å²) in [6.07, 6.45) is 4.92. The van der Waals surface area contributed by atoms with Gasteiger partial charge in [-0.3, -0.25) is 9.88 Å². The quantitative estimate of drug-likeness (QED) is 0.586. The van der Waals surface area contributed by atoms with Crippen LogP contribution < -0.4 is 9.64 Å². The van der Waals surface area contributed by atoms with Gasteiger partial charge in [0, 0.05) is 51.4 Å². The van der Waals surface area contributed by atoms with Crippen molar-refractivity contribution in [3.63, 3.8) is 0 Å². The molecule has 1 aromatic carbocycles. The van der Waals surface area contributed by atoms with Crippen LogP contribution in [-0.4, -0.2) is 39.5 Å². The van der Waals surface area contributed by atoms with Crippen LogP contribution in [0, 0.1) is 11.7 Å². The summed E-state index contributed by atoms with van der Waals surface area (Å²) in [6.45, 7) is 6.52. The lowest BCUT2D eigenvalue weighted by Crippen LogP contribution is -2.36. The fourth-order valence-electron chi connectivity index (χ4n) is 4.36. The zero-order chi connectivity index (χ0) is 21.9. The van der Waals surface area contributed by atoms with Gasteiger partial charge in [0.15, 0.2) is 0 Å². The zero-order valence-corrected chi connectivity index (χ0v) is 18.4. The smallest absolute Gasteiger partial charge is 0.228 e. The van der Waals surface area contributed by atoms with Crippen molar-refractivity contribution in [3.05, 3.63) is 71.4 Å². The minimum absolute atomic E-state index is 0.326. The second-order valence-electron chi connectivity index (χ2n) is 8.76. The molecule has 3 aromatic rings. The molecular formula is C25H28FN5O. The number of anilines is 1. The molecule has 2 aromatic heterocycles. The number of hydrogen-bond acceptors (Lipinski definition) is 6. The minimum atomic E-state index is -0.326. The average molecular weight is 434 g/mol. The summed E-state index contributed by atoms with van der Waals surface area (Å²) in [5, 5.41) is 0. The molecule has 2 aliphatic rings. The van der Waals surface area contributed by atoms with Gasteiger partial charge in [0.2, 0.25) is 11.8 Å². The fraction of sp³-hybridized carbons (Fsp3) is 0.400.